The molecular weight excluding hydrogens is 460 g/mol. The van der Waals surface area contributed by atoms with Crippen LogP contribution in [-0.2, 0) is 4.74 Å². The zero-order valence-corrected chi connectivity index (χ0v) is 17.2. The highest BCUT2D eigenvalue weighted by Crippen LogP contribution is 2.36. The molecule has 0 saturated carbocycles. The van der Waals surface area contributed by atoms with Gasteiger partial charge >= 0.3 is 5.97 Å². The summed E-state index contributed by atoms with van der Waals surface area (Å²) in [6, 6.07) is 12.0. The summed E-state index contributed by atoms with van der Waals surface area (Å²) in [7, 11) is 1.32. The number of nitrogens with one attached hydrogen (secondary N) is 1. The van der Waals surface area contributed by atoms with Gasteiger partial charge in [-0.05, 0) is 66.8 Å². The zero-order chi connectivity index (χ0) is 19.7. The average Bonchev–Trinajstić information content (AvgIpc) is 3.01. The Morgan fingerprint density at radius 2 is 2.04 bits per heavy atom. The van der Waals surface area contributed by atoms with Crippen LogP contribution in [0.3, 0.4) is 0 Å². The largest absolute Gasteiger partial charge is 0.465 e. The van der Waals surface area contributed by atoms with Gasteiger partial charge in [0.15, 0.2) is 0 Å². The maximum atomic E-state index is 14.2. The summed E-state index contributed by atoms with van der Waals surface area (Å²) in [6.07, 6.45) is 0. The van der Waals surface area contributed by atoms with Crippen molar-refractivity contribution in [2.75, 3.05) is 12.0 Å². The van der Waals surface area contributed by atoms with Crippen molar-refractivity contribution in [1.82, 2.24) is 4.98 Å². The standard InChI is InChI=1S/C20H17FIN3O2/c1-11(2)25(13-5-7-16(22)15(21)9-13)19-18(20(26)27-3)14-6-4-12(10-23)8-17(14)24-19/h4-9,11,24H,1-3H3. The van der Waals surface area contributed by atoms with Crippen molar-refractivity contribution < 1.29 is 13.9 Å². The number of aromatic nitrogens is 1. The van der Waals surface area contributed by atoms with Crippen LogP contribution in [0.5, 0.6) is 0 Å². The van der Waals surface area contributed by atoms with Crippen molar-refractivity contribution in [3.8, 4) is 6.07 Å². The Morgan fingerprint density at radius 1 is 1.30 bits per heavy atom. The van der Waals surface area contributed by atoms with Gasteiger partial charge in [0.2, 0.25) is 0 Å². The third kappa shape index (κ3) is 3.49. The van der Waals surface area contributed by atoms with Crippen molar-refractivity contribution in [1.29, 1.82) is 5.26 Å². The first-order valence-electron chi connectivity index (χ1n) is 8.25. The lowest BCUT2D eigenvalue weighted by molar-refractivity contribution is 0.0604. The Hall–Kier alpha value is -2.60. The molecule has 2 aromatic carbocycles. The Morgan fingerprint density at radius 3 is 2.63 bits per heavy atom. The number of benzene rings is 2. The first kappa shape index (κ1) is 19.2. The Kier molecular flexibility index (Phi) is 5.37. The lowest BCUT2D eigenvalue weighted by Gasteiger charge is -2.28. The van der Waals surface area contributed by atoms with Crippen molar-refractivity contribution in [3.63, 3.8) is 0 Å². The molecule has 0 aliphatic carbocycles. The Balaban J connectivity index is 2.29. The number of nitrogens with zero attached hydrogens (tertiary/aromatic N) is 2. The molecule has 138 valence electrons. The number of H-pyrrole nitrogens is 1. The smallest absolute Gasteiger partial charge is 0.342 e. The van der Waals surface area contributed by atoms with E-state index in [0.717, 1.165) is 0 Å². The topological polar surface area (TPSA) is 69.1 Å². The molecule has 0 fully saturated rings. The van der Waals surface area contributed by atoms with Crippen LogP contribution in [0.4, 0.5) is 15.9 Å². The van der Waals surface area contributed by atoms with E-state index >= 15 is 0 Å². The number of rotatable bonds is 4. The van der Waals surface area contributed by atoms with Crippen LogP contribution in [0.15, 0.2) is 36.4 Å². The molecule has 27 heavy (non-hydrogen) atoms. The van der Waals surface area contributed by atoms with Crippen LogP contribution in [0.25, 0.3) is 10.9 Å². The second-order valence-electron chi connectivity index (χ2n) is 6.27. The van der Waals surface area contributed by atoms with Gasteiger partial charge in [-0.1, -0.05) is 6.07 Å². The van der Waals surface area contributed by atoms with Crippen LogP contribution in [0, 0.1) is 20.7 Å². The lowest BCUT2D eigenvalue weighted by Crippen LogP contribution is -2.27. The maximum absolute atomic E-state index is 14.2. The van der Waals surface area contributed by atoms with E-state index in [4.69, 9.17) is 10.00 Å². The minimum absolute atomic E-state index is 0.0728. The van der Waals surface area contributed by atoms with Crippen LogP contribution in [-0.4, -0.2) is 24.1 Å². The quantitative estimate of drug-likeness (QED) is 0.419. The normalized spacial score (nSPS) is 10.9. The van der Waals surface area contributed by atoms with Gasteiger partial charge in [-0.25, -0.2) is 9.18 Å². The molecule has 7 heteroatoms. The summed E-state index contributed by atoms with van der Waals surface area (Å²) in [5, 5.41) is 9.80. The van der Waals surface area contributed by atoms with Crippen molar-refractivity contribution >= 4 is 51.0 Å². The third-order valence-corrected chi connectivity index (χ3v) is 5.11. The minimum Gasteiger partial charge on any atom is -0.465 e. The van der Waals surface area contributed by atoms with Crippen LogP contribution >= 0.6 is 22.6 Å². The highest BCUT2D eigenvalue weighted by Gasteiger charge is 2.26. The molecule has 1 aromatic heterocycles. The van der Waals surface area contributed by atoms with Crippen molar-refractivity contribution in [2.24, 2.45) is 0 Å². The molecule has 0 aliphatic rings. The van der Waals surface area contributed by atoms with Gasteiger partial charge in [-0.2, -0.15) is 5.26 Å². The molecular formula is C20H17FIN3O2. The first-order valence-corrected chi connectivity index (χ1v) is 9.33. The van der Waals surface area contributed by atoms with E-state index in [0.29, 0.717) is 37.1 Å². The van der Waals surface area contributed by atoms with E-state index in [1.54, 1.807) is 30.3 Å². The van der Waals surface area contributed by atoms with E-state index in [-0.39, 0.29) is 11.9 Å². The van der Waals surface area contributed by atoms with E-state index in [9.17, 15) is 9.18 Å². The van der Waals surface area contributed by atoms with Gasteiger partial charge in [-0.3, -0.25) is 0 Å². The monoisotopic (exact) mass is 477 g/mol. The SMILES string of the molecule is COC(=O)c1c(N(c2ccc(I)c(F)c2)C(C)C)[nH]c2cc(C#N)ccc12. The Bertz CT molecular complexity index is 1070. The highest BCUT2D eigenvalue weighted by molar-refractivity contribution is 14.1. The molecule has 0 unspecified atom stereocenters. The molecule has 0 bridgehead atoms. The molecule has 1 heterocycles. The fourth-order valence-corrected chi connectivity index (χ4v) is 3.40. The summed E-state index contributed by atoms with van der Waals surface area (Å²) in [6.45, 7) is 3.90. The molecule has 0 atom stereocenters. The fourth-order valence-electron chi connectivity index (χ4n) is 3.06. The van der Waals surface area contributed by atoms with E-state index in [2.05, 4.69) is 11.1 Å². The lowest BCUT2D eigenvalue weighted by atomic mass is 10.1. The zero-order valence-electron chi connectivity index (χ0n) is 15.0. The summed E-state index contributed by atoms with van der Waals surface area (Å²) in [4.78, 5) is 17.6. The van der Waals surface area contributed by atoms with Gasteiger partial charge in [0, 0.05) is 26.2 Å². The van der Waals surface area contributed by atoms with Gasteiger partial charge in [-0.15, -0.1) is 0 Å². The molecule has 1 N–H and O–H groups in total. The summed E-state index contributed by atoms with van der Waals surface area (Å²) < 4.78 is 19.7. The number of carbonyl (C=O) groups is 1. The third-order valence-electron chi connectivity index (χ3n) is 4.24. The second kappa shape index (κ2) is 7.56. The predicted octanol–water partition coefficient (Wildman–Crippen LogP) is 5.12. The average molecular weight is 477 g/mol. The highest BCUT2D eigenvalue weighted by atomic mass is 127. The molecule has 5 nitrogen and oxygen atoms in total. The van der Waals surface area contributed by atoms with Crippen molar-refractivity contribution in [3.05, 3.63) is 56.9 Å². The van der Waals surface area contributed by atoms with Gasteiger partial charge in [0.1, 0.15) is 17.2 Å². The molecule has 0 radical (unpaired) electrons. The van der Waals surface area contributed by atoms with Crippen molar-refractivity contribution in [2.45, 2.75) is 19.9 Å². The summed E-state index contributed by atoms with van der Waals surface area (Å²) in [5.41, 5.74) is 2.08. The summed E-state index contributed by atoms with van der Waals surface area (Å²) >= 11 is 1.93. The molecule has 0 aliphatic heterocycles. The number of fused-ring (bicyclic) bond motifs is 1. The van der Waals surface area contributed by atoms with Gasteiger partial charge in [0.25, 0.3) is 0 Å². The summed E-state index contributed by atoms with van der Waals surface area (Å²) in [5.74, 6) is -0.332. The molecule has 3 rings (SSSR count). The van der Waals surface area contributed by atoms with Crippen LogP contribution in [0.1, 0.15) is 29.8 Å². The van der Waals surface area contributed by atoms with E-state index in [1.807, 2.05) is 41.3 Å². The number of anilines is 2. The number of ether oxygens (including phenoxy) is 1. The number of nitriles is 1. The van der Waals surface area contributed by atoms with Crippen LogP contribution in [0.2, 0.25) is 0 Å². The molecule has 3 aromatic rings. The number of carbonyl (C=O) groups excluding carboxylic acids is 1. The van der Waals surface area contributed by atoms with Crippen LogP contribution < -0.4 is 4.90 Å². The molecule has 0 amide bonds. The first-order chi connectivity index (χ1) is 12.9. The number of hydrogen-bond acceptors (Lipinski definition) is 4. The minimum atomic E-state index is -0.502. The fraction of sp³-hybridized carbons (Fsp3) is 0.200. The second-order valence-corrected chi connectivity index (χ2v) is 7.44. The number of esters is 1. The predicted molar refractivity (Wildman–Crippen MR) is 111 cm³/mol. The van der Waals surface area contributed by atoms with E-state index < -0.39 is 5.97 Å². The van der Waals surface area contributed by atoms with E-state index in [1.165, 1.54) is 13.2 Å². The maximum Gasteiger partial charge on any atom is 0.342 e. The number of hydrogen-bond donors (Lipinski definition) is 1. The van der Waals surface area contributed by atoms with Gasteiger partial charge < -0.3 is 14.6 Å². The Labute approximate surface area is 169 Å². The molecule has 0 saturated heterocycles. The molecule has 0 spiro atoms. The number of halogens is 2. The van der Waals surface area contributed by atoms with Gasteiger partial charge in [0.05, 0.1) is 18.7 Å². The number of methoxy groups -OCH3 is 1. The number of aromatic amines is 1.